The summed E-state index contributed by atoms with van der Waals surface area (Å²) in [6, 6.07) is 1.17. The molecular weight excluding hydrogens is 200 g/mol. The first-order chi connectivity index (χ1) is 7.79. The maximum Gasteiger partial charge on any atom is 0.0431 e. The number of aliphatic hydroxyl groups is 1. The number of aliphatic hydroxyl groups excluding tert-OH is 1. The Hall–Kier alpha value is -0.120. The maximum absolute atomic E-state index is 8.90. The van der Waals surface area contributed by atoms with Crippen LogP contribution in [0.4, 0.5) is 0 Å². The zero-order valence-electron chi connectivity index (χ0n) is 10.3. The van der Waals surface area contributed by atoms with E-state index in [1.165, 1.54) is 32.2 Å². The highest BCUT2D eigenvalue weighted by Crippen LogP contribution is 2.29. The highest BCUT2D eigenvalue weighted by atomic mass is 16.2. The fourth-order valence-corrected chi connectivity index (χ4v) is 3.44. The van der Waals surface area contributed by atoms with Crippen molar-refractivity contribution in [3.63, 3.8) is 0 Å². The van der Waals surface area contributed by atoms with Crippen molar-refractivity contribution < 1.29 is 5.11 Å². The first-order valence-corrected chi connectivity index (χ1v) is 6.90. The van der Waals surface area contributed by atoms with Crippen LogP contribution in [0.1, 0.15) is 44.9 Å². The lowest BCUT2D eigenvalue weighted by molar-refractivity contribution is 0.103. The molecule has 3 nitrogen and oxygen atoms in total. The summed E-state index contributed by atoms with van der Waals surface area (Å²) in [4.78, 5) is 2.63. The molecule has 0 aromatic heterocycles. The number of piperidine rings is 1. The summed E-state index contributed by atoms with van der Waals surface area (Å²) in [6.45, 7) is 2.65. The van der Waals surface area contributed by atoms with E-state index in [4.69, 9.17) is 10.8 Å². The van der Waals surface area contributed by atoms with Crippen LogP contribution >= 0.6 is 0 Å². The van der Waals surface area contributed by atoms with Gasteiger partial charge in [0.25, 0.3) is 0 Å². The summed E-state index contributed by atoms with van der Waals surface area (Å²) in [6.07, 6.45) is 8.79. The molecule has 3 heteroatoms. The summed E-state index contributed by atoms with van der Waals surface area (Å²) in [7, 11) is 0. The minimum atomic E-state index is 0.329. The van der Waals surface area contributed by atoms with Crippen molar-refractivity contribution >= 4 is 0 Å². The third-order valence-corrected chi connectivity index (χ3v) is 4.21. The molecule has 94 valence electrons. The second kappa shape index (κ2) is 5.99. The number of nitrogens with zero attached hydrogens (tertiary/aromatic N) is 1. The second-order valence-electron chi connectivity index (χ2n) is 5.62. The highest BCUT2D eigenvalue weighted by molar-refractivity contribution is 4.87. The molecule has 2 atom stereocenters. The Morgan fingerprint density at radius 1 is 1.19 bits per heavy atom. The molecule has 0 amide bonds. The van der Waals surface area contributed by atoms with Gasteiger partial charge < -0.3 is 10.8 Å². The largest absolute Gasteiger partial charge is 0.396 e. The highest BCUT2D eigenvalue weighted by Gasteiger charge is 2.30. The van der Waals surface area contributed by atoms with E-state index in [0.29, 0.717) is 12.6 Å². The predicted octanol–water partition coefficient (Wildman–Crippen LogP) is 1.35. The molecule has 2 unspecified atom stereocenters. The zero-order chi connectivity index (χ0) is 11.4. The molecule has 1 heterocycles. The monoisotopic (exact) mass is 226 g/mol. The van der Waals surface area contributed by atoms with E-state index in [-0.39, 0.29) is 0 Å². The van der Waals surface area contributed by atoms with Gasteiger partial charge in [0.15, 0.2) is 0 Å². The smallest absolute Gasteiger partial charge is 0.0431 e. The summed E-state index contributed by atoms with van der Waals surface area (Å²) < 4.78 is 0. The topological polar surface area (TPSA) is 49.5 Å². The van der Waals surface area contributed by atoms with Crippen molar-refractivity contribution in [1.29, 1.82) is 0 Å². The molecule has 0 aromatic rings. The van der Waals surface area contributed by atoms with Gasteiger partial charge in [-0.05, 0) is 38.0 Å². The van der Waals surface area contributed by atoms with Crippen LogP contribution in [0.3, 0.4) is 0 Å². The lowest BCUT2D eigenvalue weighted by Crippen LogP contribution is -2.50. The molecule has 0 aromatic carbocycles. The number of rotatable bonds is 4. The van der Waals surface area contributed by atoms with Crippen LogP contribution in [0, 0.1) is 5.92 Å². The molecule has 0 radical (unpaired) electrons. The molecular formula is C13H26N2O. The number of likely N-dealkylation sites (tertiary alicyclic amines) is 1. The maximum atomic E-state index is 8.90. The Bertz CT molecular complexity index is 204. The molecule has 1 aliphatic carbocycles. The van der Waals surface area contributed by atoms with Gasteiger partial charge in [0.05, 0.1) is 0 Å². The molecule has 0 bridgehead atoms. The Balaban J connectivity index is 1.83. The lowest BCUT2D eigenvalue weighted by Gasteiger charge is -2.39. The van der Waals surface area contributed by atoms with E-state index >= 15 is 0 Å². The quantitative estimate of drug-likeness (QED) is 0.761. The van der Waals surface area contributed by atoms with Crippen LogP contribution in [-0.4, -0.2) is 41.8 Å². The van der Waals surface area contributed by atoms with Gasteiger partial charge >= 0.3 is 0 Å². The number of hydrogen-bond acceptors (Lipinski definition) is 3. The van der Waals surface area contributed by atoms with Gasteiger partial charge in [-0.1, -0.05) is 12.8 Å². The van der Waals surface area contributed by atoms with E-state index in [0.717, 1.165) is 37.8 Å². The van der Waals surface area contributed by atoms with Gasteiger partial charge in [-0.15, -0.1) is 0 Å². The van der Waals surface area contributed by atoms with Gasteiger partial charge in [-0.2, -0.15) is 0 Å². The minimum absolute atomic E-state index is 0.329. The normalized spacial score (nSPS) is 33.4. The molecule has 16 heavy (non-hydrogen) atoms. The molecule has 3 N–H and O–H groups in total. The molecule has 1 saturated carbocycles. The third kappa shape index (κ3) is 3.19. The summed E-state index contributed by atoms with van der Waals surface area (Å²) in [5.74, 6) is 0.719. The Kier molecular flexibility index (Phi) is 4.62. The Labute approximate surface area is 99.0 Å². The SMILES string of the molecule is NC1CC(CCCO)CN(C2CCCC2)C1. The third-order valence-electron chi connectivity index (χ3n) is 4.21. The van der Waals surface area contributed by atoms with Crippen molar-refractivity contribution in [2.75, 3.05) is 19.7 Å². The summed E-state index contributed by atoms with van der Waals surface area (Å²) in [5.41, 5.74) is 6.15. The molecule has 2 fully saturated rings. The van der Waals surface area contributed by atoms with E-state index in [9.17, 15) is 0 Å². The van der Waals surface area contributed by atoms with Crippen LogP contribution in [0.5, 0.6) is 0 Å². The van der Waals surface area contributed by atoms with Crippen molar-refractivity contribution in [2.45, 2.75) is 57.0 Å². The van der Waals surface area contributed by atoms with Crippen LogP contribution in [0.15, 0.2) is 0 Å². The summed E-state index contributed by atoms with van der Waals surface area (Å²) >= 11 is 0. The van der Waals surface area contributed by atoms with Crippen LogP contribution in [-0.2, 0) is 0 Å². The van der Waals surface area contributed by atoms with E-state index in [1.807, 2.05) is 0 Å². The molecule has 1 aliphatic heterocycles. The first-order valence-electron chi connectivity index (χ1n) is 6.90. The fraction of sp³-hybridized carbons (Fsp3) is 1.00. The van der Waals surface area contributed by atoms with Gasteiger partial charge in [-0.3, -0.25) is 4.90 Å². The molecule has 2 rings (SSSR count). The first kappa shape index (κ1) is 12.3. The van der Waals surface area contributed by atoms with Crippen molar-refractivity contribution in [1.82, 2.24) is 4.90 Å². The molecule has 0 spiro atoms. The Morgan fingerprint density at radius 2 is 1.94 bits per heavy atom. The standard InChI is InChI=1S/C13H26N2O/c14-12-8-11(4-3-7-16)9-15(10-12)13-5-1-2-6-13/h11-13,16H,1-10,14H2. The Morgan fingerprint density at radius 3 is 2.62 bits per heavy atom. The van der Waals surface area contributed by atoms with Crippen molar-refractivity contribution in [3.05, 3.63) is 0 Å². The van der Waals surface area contributed by atoms with Gasteiger partial charge in [-0.25, -0.2) is 0 Å². The van der Waals surface area contributed by atoms with Gasteiger partial charge in [0.2, 0.25) is 0 Å². The van der Waals surface area contributed by atoms with Crippen molar-refractivity contribution in [2.24, 2.45) is 11.7 Å². The summed E-state index contributed by atoms with van der Waals surface area (Å²) in [5, 5.41) is 8.90. The van der Waals surface area contributed by atoms with Gasteiger partial charge in [0, 0.05) is 31.8 Å². The minimum Gasteiger partial charge on any atom is -0.396 e. The second-order valence-corrected chi connectivity index (χ2v) is 5.62. The zero-order valence-corrected chi connectivity index (χ0v) is 10.3. The molecule has 2 aliphatic rings. The number of nitrogens with two attached hydrogens (primary N) is 1. The molecule has 1 saturated heterocycles. The van der Waals surface area contributed by atoms with Crippen LogP contribution in [0.2, 0.25) is 0 Å². The van der Waals surface area contributed by atoms with E-state index < -0.39 is 0 Å². The van der Waals surface area contributed by atoms with Gasteiger partial charge in [0.1, 0.15) is 0 Å². The predicted molar refractivity (Wildman–Crippen MR) is 66.2 cm³/mol. The van der Waals surface area contributed by atoms with Crippen molar-refractivity contribution in [3.8, 4) is 0 Å². The lowest BCUT2D eigenvalue weighted by atomic mass is 9.90. The number of hydrogen-bond donors (Lipinski definition) is 2. The van der Waals surface area contributed by atoms with Crippen LogP contribution in [0.25, 0.3) is 0 Å². The fourth-order valence-electron chi connectivity index (χ4n) is 3.44. The van der Waals surface area contributed by atoms with E-state index in [2.05, 4.69) is 4.90 Å². The average Bonchev–Trinajstić information content (AvgIpc) is 2.79. The van der Waals surface area contributed by atoms with Crippen LogP contribution < -0.4 is 5.73 Å². The average molecular weight is 226 g/mol. The van der Waals surface area contributed by atoms with E-state index in [1.54, 1.807) is 0 Å².